The normalized spacial score (nSPS) is 11.3. The lowest BCUT2D eigenvalue weighted by atomic mass is 10.0. The zero-order valence-electron chi connectivity index (χ0n) is 13.6. The summed E-state index contributed by atoms with van der Waals surface area (Å²) >= 11 is 0. The molecule has 0 radical (unpaired) electrons. The number of rotatable bonds is 6. The number of benzene rings is 1. The van der Waals surface area contributed by atoms with E-state index in [1.54, 1.807) is 19.2 Å². The third kappa shape index (κ3) is 3.71. The highest BCUT2D eigenvalue weighted by Gasteiger charge is 2.23. The van der Waals surface area contributed by atoms with Crippen LogP contribution in [0.1, 0.15) is 27.8 Å². The fraction of sp³-hybridized carbons (Fsp3) is 0.200. The number of nitrogens with one attached hydrogen (secondary N) is 1. The molecule has 2 aromatic rings. The zero-order valence-corrected chi connectivity index (χ0v) is 14.4. The summed E-state index contributed by atoms with van der Waals surface area (Å²) < 4.78 is 23.5. The topological polar surface area (TPSA) is 135 Å². The number of aromatic carboxylic acids is 1. The Labute approximate surface area is 144 Å². The molecule has 0 bridgehead atoms. The molecule has 0 fully saturated rings. The van der Waals surface area contributed by atoms with Gasteiger partial charge in [-0.15, -0.1) is 0 Å². The Morgan fingerprint density at radius 3 is 2.28 bits per heavy atom. The number of hydrazine groups is 1. The maximum Gasteiger partial charge on any atom is 0.354 e. The van der Waals surface area contributed by atoms with Crippen molar-refractivity contribution in [2.24, 2.45) is 5.14 Å². The molecule has 0 saturated carbocycles. The number of carbonyl (C=O) groups excluding carboxylic acids is 1. The van der Waals surface area contributed by atoms with E-state index < -0.39 is 21.9 Å². The summed E-state index contributed by atoms with van der Waals surface area (Å²) in [6.45, 7) is 2.29. The van der Waals surface area contributed by atoms with Crippen molar-refractivity contribution in [1.82, 2.24) is 14.4 Å². The molecule has 0 aliphatic carbocycles. The van der Waals surface area contributed by atoms with E-state index in [1.165, 1.54) is 23.2 Å². The number of hydrogen-bond donors (Lipinski definition) is 3. The number of nitrogens with two attached hydrogens (primary N) is 1. The van der Waals surface area contributed by atoms with Gasteiger partial charge in [0.05, 0.1) is 0 Å². The van der Waals surface area contributed by atoms with Gasteiger partial charge >= 0.3 is 16.2 Å². The highest BCUT2D eigenvalue weighted by Crippen LogP contribution is 2.26. The Kier molecular flexibility index (Phi) is 5.26. The van der Waals surface area contributed by atoms with Gasteiger partial charge in [0, 0.05) is 30.9 Å². The van der Waals surface area contributed by atoms with E-state index in [0.717, 1.165) is 6.20 Å². The van der Waals surface area contributed by atoms with Gasteiger partial charge < -0.3 is 5.11 Å². The van der Waals surface area contributed by atoms with E-state index >= 15 is 0 Å². The summed E-state index contributed by atoms with van der Waals surface area (Å²) in [6, 6.07) is 7.52. The number of nitrogens with zero attached hydrogens (tertiary/aromatic N) is 2. The maximum absolute atomic E-state index is 12.2. The molecule has 1 aromatic heterocycles. The summed E-state index contributed by atoms with van der Waals surface area (Å²) in [5, 5.41) is 15.8. The fourth-order valence-electron chi connectivity index (χ4n) is 2.42. The zero-order chi connectivity index (χ0) is 18.8. The Morgan fingerprint density at radius 1 is 1.24 bits per heavy atom. The molecule has 0 spiro atoms. The number of hydrogen-bond acceptors (Lipinski definition) is 5. The van der Waals surface area contributed by atoms with Gasteiger partial charge in [-0.1, -0.05) is 12.1 Å². The van der Waals surface area contributed by atoms with E-state index in [2.05, 4.69) is 5.43 Å². The van der Waals surface area contributed by atoms with Crippen LogP contribution in [0.5, 0.6) is 0 Å². The van der Waals surface area contributed by atoms with Crippen molar-refractivity contribution in [2.75, 3.05) is 13.6 Å². The van der Waals surface area contributed by atoms with Gasteiger partial charge in [0.15, 0.2) is 5.69 Å². The number of carboxylic acid groups (broad SMARTS) is 1. The first-order chi connectivity index (χ1) is 11.7. The quantitative estimate of drug-likeness (QED) is 0.637. The smallest absolute Gasteiger partial charge is 0.354 e. The van der Waals surface area contributed by atoms with Crippen LogP contribution in [0.15, 0.2) is 36.5 Å². The van der Waals surface area contributed by atoms with Crippen LogP contribution in [0.3, 0.4) is 0 Å². The maximum atomic E-state index is 12.2. The Balaban J connectivity index is 2.46. The second-order valence-electron chi connectivity index (χ2n) is 5.07. The lowest BCUT2D eigenvalue weighted by molar-refractivity contribution is 0.0682. The Bertz CT molecular complexity index is 899. The molecule has 0 aliphatic rings. The molecule has 0 saturated heterocycles. The average Bonchev–Trinajstić information content (AvgIpc) is 3.01. The molecule has 2 rings (SSSR count). The van der Waals surface area contributed by atoms with Crippen molar-refractivity contribution in [3.63, 3.8) is 0 Å². The highest BCUT2D eigenvalue weighted by molar-refractivity contribution is 7.87. The third-order valence-electron chi connectivity index (χ3n) is 3.60. The van der Waals surface area contributed by atoms with Crippen LogP contribution in [0.4, 0.5) is 0 Å². The lowest BCUT2D eigenvalue weighted by Crippen LogP contribution is -2.40. The molecule has 4 N–H and O–H groups in total. The molecule has 0 unspecified atom stereocenters. The first kappa shape index (κ1) is 18.6. The molecular formula is C15H18N4O5S. The standard InChI is InChI=1S/C15H18N4O5S/c1-3-18(17-2)14(20)11-6-4-10(5-7-11)12-8-9-19(25(16,23)24)13(12)15(21)22/h4-9,17H,3H2,1-2H3,(H,21,22)(H2,16,23,24). The van der Waals surface area contributed by atoms with Gasteiger partial charge in [-0.25, -0.2) is 19.3 Å². The van der Waals surface area contributed by atoms with E-state index in [9.17, 15) is 23.1 Å². The monoisotopic (exact) mass is 366 g/mol. The molecule has 1 aromatic carbocycles. The molecular weight excluding hydrogens is 348 g/mol. The van der Waals surface area contributed by atoms with Crippen LogP contribution in [-0.4, -0.2) is 48.0 Å². The van der Waals surface area contributed by atoms with E-state index in [-0.39, 0.29) is 11.5 Å². The average molecular weight is 366 g/mol. The second kappa shape index (κ2) is 7.05. The van der Waals surface area contributed by atoms with E-state index in [4.69, 9.17) is 5.14 Å². The number of amides is 1. The highest BCUT2D eigenvalue weighted by atomic mass is 32.2. The minimum Gasteiger partial charge on any atom is -0.477 e. The lowest BCUT2D eigenvalue weighted by Gasteiger charge is -2.19. The van der Waals surface area contributed by atoms with Crippen molar-refractivity contribution < 1.29 is 23.1 Å². The molecule has 25 heavy (non-hydrogen) atoms. The van der Waals surface area contributed by atoms with Crippen LogP contribution >= 0.6 is 0 Å². The van der Waals surface area contributed by atoms with Crippen molar-refractivity contribution >= 4 is 22.1 Å². The van der Waals surface area contributed by atoms with Gasteiger partial charge in [0.2, 0.25) is 0 Å². The third-order valence-corrected chi connectivity index (χ3v) is 4.46. The minimum atomic E-state index is -4.24. The van der Waals surface area contributed by atoms with E-state index in [0.29, 0.717) is 21.6 Å². The van der Waals surface area contributed by atoms with Crippen molar-refractivity contribution in [2.45, 2.75) is 6.92 Å². The summed E-state index contributed by atoms with van der Waals surface area (Å²) in [7, 11) is -2.61. The van der Waals surface area contributed by atoms with Gasteiger partial charge in [-0.05, 0) is 30.7 Å². The SMILES string of the molecule is CCN(NC)C(=O)c1ccc(-c2ccn(S(N)(=O)=O)c2C(=O)O)cc1. The molecule has 134 valence electrons. The number of carbonyl (C=O) groups is 2. The summed E-state index contributed by atoms with van der Waals surface area (Å²) in [4.78, 5) is 23.7. The molecule has 9 nitrogen and oxygen atoms in total. The largest absolute Gasteiger partial charge is 0.477 e. The predicted octanol–water partition coefficient (Wildman–Crippen LogP) is 0.501. The van der Waals surface area contributed by atoms with Gasteiger partial charge in [0.25, 0.3) is 5.91 Å². The molecule has 1 heterocycles. The van der Waals surface area contributed by atoms with Gasteiger partial charge in [-0.3, -0.25) is 9.80 Å². The van der Waals surface area contributed by atoms with Gasteiger partial charge in [0.1, 0.15) is 0 Å². The predicted molar refractivity (Wildman–Crippen MR) is 91.1 cm³/mol. The van der Waals surface area contributed by atoms with Crippen LogP contribution in [0.2, 0.25) is 0 Å². The molecule has 0 aliphatic heterocycles. The van der Waals surface area contributed by atoms with Crippen LogP contribution in [-0.2, 0) is 10.2 Å². The summed E-state index contributed by atoms with van der Waals surface area (Å²) in [6.07, 6.45) is 1.08. The van der Waals surface area contributed by atoms with Crippen molar-refractivity contribution in [3.8, 4) is 11.1 Å². The summed E-state index contributed by atoms with van der Waals surface area (Å²) in [5.41, 5.74) is 3.33. The fourth-order valence-corrected chi connectivity index (χ4v) is 3.08. The van der Waals surface area contributed by atoms with Crippen LogP contribution < -0.4 is 10.6 Å². The molecule has 1 amide bonds. The Morgan fingerprint density at radius 2 is 1.84 bits per heavy atom. The van der Waals surface area contributed by atoms with Crippen molar-refractivity contribution in [1.29, 1.82) is 0 Å². The number of aromatic nitrogens is 1. The molecule has 10 heteroatoms. The summed E-state index contributed by atoms with van der Waals surface area (Å²) in [5.74, 6) is -1.67. The second-order valence-corrected chi connectivity index (χ2v) is 6.50. The van der Waals surface area contributed by atoms with Crippen LogP contribution in [0.25, 0.3) is 11.1 Å². The Hall–Kier alpha value is -2.69. The van der Waals surface area contributed by atoms with Gasteiger partial charge in [-0.2, -0.15) is 8.42 Å². The molecule has 0 atom stereocenters. The minimum absolute atomic E-state index is 0.182. The van der Waals surface area contributed by atoms with Crippen molar-refractivity contribution in [3.05, 3.63) is 47.8 Å². The van der Waals surface area contributed by atoms with Crippen LogP contribution in [0, 0.1) is 0 Å². The first-order valence-electron chi connectivity index (χ1n) is 7.28. The van der Waals surface area contributed by atoms with E-state index in [1.807, 2.05) is 6.92 Å². The first-order valence-corrected chi connectivity index (χ1v) is 8.78. The number of carboxylic acids is 1.